The van der Waals surface area contributed by atoms with Crippen molar-refractivity contribution in [3.8, 4) is 5.75 Å². The van der Waals surface area contributed by atoms with Gasteiger partial charge in [-0.15, -0.1) is 0 Å². The van der Waals surface area contributed by atoms with E-state index in [4.69, 9.17) is 4.74 Å². The molecule has 2 aromatic rings. The van der Waals surface area contributed by atoms with Gasteiger partial charge in [0, 0.05) is 29.1 Å². The standard InChI is InChI=1S/C19H22N2O6S/c1-12-4-5-19(17(8-12)21(23)24)27-10-18(22)16-9-13(2)20(14(16)3)15-6-7-28(25,26)11-15/h4-5,8-9,15H,6-7,10-11H2,1-3H3/t15-/m1/s1. The number of nitrogens with zero attached hydrogens (tertiary/aromatic N) is 2. The molecule has 0 N–H and O–H groups in total. The van der Waals surface area contributed by atoms with Crippen molar-refractivity contribution in [1.29, 1.82) is 0 Å². The fraction of sp³-hybridized carbons (Fsp3) is 0.421. The molecular weight excluding hydrogens is 384 g/mol. The summed E-state index contributed by atoms with van der Waals surface area (Å²) in [4.78, 5) is 23.3. The van der Waals surface area contributed by atoms with Gasteiger partial charge in [0.25, 0.3) is 0 Å². The Bertz CT molecular complexity index is 1050. The van der Waals surface area contributed by atoms with Crippen LogP contribution in [0.3, 0.4) is 0 Å². The number of carbonyl (C=O) groups excluding carboxylic acids is 1. The van der Waals surface area contributed by atoms with Crippen molar-refractivity contribution in [2.45, 2.75) is 33.2 Å². The van der Waals surface area contributed by atoms with Crippen LogP contribution in [0.25, 0.3) is 0 Å². The summed E-state index contributed by atoms with van der Waals surface area (Å²) in [5.74, 6) is -0.0453. The van der Waals surface area contributed by atoms with Crippen LogP contribution in [0.2, 0.25) is 0 Å². The minimum absolute atomic E-state index is 0.0413. The largest absolute Gasteiger partial charge is 0.478 e. The molecule has 0 spiro atoms. The smallest absolute Gasteiger partial charge is 0.311 e. The van der Waals surface area contributed by atoms with Crippen LogP contribution in [0.15, 0.2) is 24.3 Å². The van der Waals surface area contributed by atoms with Crippen molar-refractivity contribution in [3.05, 3.63) is 56.9 Å². The van der Waals surface area contributed by atoms with Crippen molar-refractivity contribution < 1.29 is 22.9 Å². The summed E-state index contributed by atoms with van der Waals surface area (Å²) in [5, 5.41) is 11.2. The number of nitro groups is 1. The molecule has 1 atom stereocenters. The maximum atomic E-state index is 12.7. The first-order valence-electron chi connectivity index (χ1n) is 8.89. The van der Waals surface area contributed by atoms with Gasteiger partial charge in [-0.2, -0.15) is 0 Å². The molecule has 9 heteroatoms. The van der Waals surface area contributed by atoms with Crippen molar-refractivity contribution in [3.63, 3.8) is 0 Å². The van der Waals surface area contributed by atoms with Gasteiger partial charge in [-0.05, 0) is 44.9 Å². The van der Waals surface area contributed by atoms with E-state index >= 15 is 0 Å². The van der Waals surface area contributed by atoms with E-state index in [1.165, 1.54) is 12.1 Å². The second-order valence-electron chi connectivity index (χ2n) is 7.15. The molecule has 28 heavy (non-hydrogen) atoms. The predicted molar refractivity (Wildman–Crippen MR) is 104 cm³/mol. The monoisotopic (exact) mass is 406 g/mol. The van der Waals surface area contributed by atoms with Gasteiger partial charge in [-0.25, -0.2) is 8.42 Å². The molecule has 1 saturated heterocycles. The third kappa shape index (κ3) is 3.94. The SMILES string of the molecule is Cc1ccc(OCC(=O)c2cc(C)n([C@@H]3CCS(=O)(=O)C3)c2C)c([N+](=O)[O-])c1. The van der Waals surface area contributed by atoms with Gasteiger partial charge in [-0.3, -0.25) is 14.9 Å². The summed E-state index contributed by atoms with van der Waals surface area (Å²) in [5.41, 5.74) is 2.47. The molecule has 0 amide bonds. The van der Waals surface area contributed by atoms with E-state index in [0.29, 0.717) is 17.7 Å². The third-order valence-electron chi connectivity index (χ3n) is 5.03. The van der Waals surface area contributed by atoms with Gasteiger partial charge in [-0.1, -0.05) is 6.07 Å². The van der Waals surface area contributed by atoms with Crippen LogP contribution in [-0.2, 0) is 9.84 Å². The lowest BCUT2D eigenvalue weighted by Crippen LogP contribution is -2.16. The molecule has 1 aliphatic rings. The number of hydrogen-bond donors (Lipinski definition) is 0. The lowest BCUT2D eigenvalue weighted by atomic mass is 10.1. The average Bonchev–Trinajstić information content (AvgIpc) is 3.11. The Hall–Kier alpha value is -2.68. The lowest BCUT2D eigenvalue weighted by Gasteiger charge is -2.16. The Labute approximate surface area is 163 Å². The number of carbonyl (C=O) groups is 1. The number of ether oxygens (including phenoxy) is 1. The van der Waals surface area contributed by atoms with E-state index in [1.54, 1.807) is 26.0 Å². The van der Waals surface area contributed by atoms with Crippen LogP contribution in [0, 0.1) is 30.9 Å². The van der Waals surface area contributed by atoms with Gasteiger partial charge >= 0.3 is 5.69 Å². The van der Waals surface area contributed by atoms with E-state index in [-0.39, 0.29) is 41.4 Å². The maximum Gasteiger partial charge on any atom is 0.311 e. The second-order valence-corrected chi connectivity index (χ2v) is 9.38. The predicted octanol–water partition coefficient (Wildman–Crippen LogP) is 2.94. The molecule has 0 aliphatic carbocycles. The molecule has 0 bridgehead atoms. The van der Waals surface area contributed by atoms with E-state index < -0.39 is 14.8 Å². The third-order valence-corrected chi connectivity index (χ3v) is 6.78. The highest BCUT2D eigenvalue weighted by Crippen LogP contribution is 2.30. The Balaban J connectivity index is 1.79. The maximum absolute atomic E-state index is 12.7. The number of sulfone groups is 1. The van der Waals surface area contributed by atoms with E-state index in [1.807, 2.05) is 11.5 Å². The van der Waals surface area contributed by atoms with Crippen LogP contribution < -0.4 is 4.74 Å². The highest BCUT2D eigenvalue weighted by molar-refractivity contribution is 7.91. The summed E-state index contributed by atoms with van der Waals surface area (Å²) in [7, 11) is -3.05. The molecule has 0 saturated carbocycles. The summed E-state index contributed by atoms with van der Waals surface area (Å²) in [6.07, 6.45) is 0.526. The van der Waals surface area contributed by atoms with Crippen molar-refractivity contribution in [2.75, 3.05) is 18.1 Å². The second kappa shape index (κ2) is 7.38. The molecule has 8 nitrogen and oxygen atoms in total. The van der Waals surface area contributed by atoms with Crippen LogP contribution in [-0.4, -0.2) is 41.8 Å². The zero-order valence-corrected chi connectivity index (χ0v) is 16.8. The minimum atomic E-state index is -3.05. The van der Waals surface area contributed by atoms with Crippen molar-refractivity contribution >= 4 is 21.3 Å². The molecule has 2 heterocycles. The number of benzene rings is 1. The topological polar surface area (TPSA) is 109 Å². The number of nitro benzene ring substituents is 1. The van der Waals surface area contributed by atoms with Gasteiger partial charge < -0.3 is 9.30 Å². The van der Waals surface area contributed by atoms with Crippen molar-refractivity contribution in [2.24, 2.45) is 0 Å². The first-order chi connectivity index (χ1) is 13.1. The molecule has 1 aliphatic heterocycles. The number of Topliss-reactive ketones (excluding diaryl/α,β-unsaturated/α-hetero) is 1. The normalized spacial score (nSPS) is 18.2. The quantitative estimate of drug-likeness (QED) is 0.414. The first-order valence-corrected chi connectivity index (χ1v) is 10.7. The number of ketones is 1. The summed E-state index contributed by atoms with van der Waals surface area (Å²) in [6.45, 7) is 5.01. The van der Waals surface area contributed by atoms with Crippen molar-refractivity contribution in [1.82, 2.24) is 4.57 Å². The minimum Gasteiger partial charge on any atom is -0.478 e. The number of rotatable bonds is 6. The molecule has 150 valence electrons. The highest BCUT2D eigenvalue weighted by atomic mass is 32.2. The van der Waals surface area contributed by atoms with Gasteiger partial charge in [0.2, 0.25) is 5.78 Å². The van der Waals surface area contributed by atoms with E-state index in [0.717, 1.165) is 11.3 Å². The average molecular weight is 406 g/mol. The molecule has 3 rings (SSSR count). The Morgan fingerprint density at radius 1 is 1.29 bits per heavy atom. The zero-order chi connectivity index (χ0) is 20.6. The number of hydrogen-bond acceptors (Lipinski definition) is 6. The van der Waals surface area contributed by atoms with Gasteiger partial charge in [0.1, 0.15) is 0 Å². The van der Waals surface area contributed by atoms with Crippen LogP contribution in [0.5, 0.6) is 5.75 Å². The molecule has 0 unspecified atom stereocenters. The molecule has 1 aromatic carbocycles. The molecule has 0 radical (unpaired) electrons. The van der Waals surface area contributed by atoms with Crippen LogP contribution >= 0.6 is 0 Å². The summed E-state index contributed by atoms with van der Waals surface area (Å²) < 4.78 is 30.9. The lowest BCUT2D eigenvalue weighted by molar-refractivity contribution is -0.385. The fourth-order valence-corrected chi connectivity index (χ4v) is 5.41. The highest BCUT2D eigenvalue weighted by Gasteiger charge is 2.31. The van der Waals surface area contributed by atoms with Crippen LogP contribution in [0.1, 0.15) is 39.8 Å². The molecular formula is C19H22N2O6S. The number of aryl methyl sites for hydroxylation is 2. The number of aromatic nitrogens is 1. The first kappa shape index (κ1) is 20.1. The molecule has 1 aromatic heterocycles. The van der Waals surface area contributed by atoms with Gasteiger partial charge in [0.05, 0.1) is 16.4 Å². The van der Waals surface area contributed by atoms with Crippen LogP contribution in [0.4, 0.5) is 5.69 Å². The summed E-state index contributed by atoms with van der Waals surface area (Å²) >= 11 is 0. The fourth-order valence-electron chi connectivity index (χ4n) is 3.71. The van der Waals surface area contributed by atoms with Gasteiger partial charge in [0.15, 0.2) is 22.2 Å². The van der Waals surface area contributed by atoms with E-state index in [9.17, 15) is 23.3 Å². The Kier molecular flexibility index (Phi) is 5.29. The zero-order valence-electron chi connectivity index (χ0n) is 16.0. The summed E-state index contributed by atoms with van der Waals surface area (Å²) in [6, 6.07) is 6.10. The Morgan fingerprint density at radius 2 is 2.00 bits per heavy atom. The molecule has 1 fully saturated rings. The Morgan fingerprint density at radius 3 is 2.61 bits per heavy atom. The van der Waals surface area contributed by atoms with E-state index in [2.05, 4.69) is 0 Å².